The van der Waals surface area contributed by atoms with Gasteiger partial charge in [-0.15, -0.1) is 24.2 Å². The molecule has 0 aromatic heterocycles. The number of benzene rings is 3. The van der Waals surface area contributed by atoms with Crippen LogP contribution in [-0.2, 0) is 17.0 Å². The van der Waals surface area contributed by atoms with Gasteiger partial charge in [-0.1, -0.05) is 60.7 Å². The number of hydrogen-bond donors (Lipinski definition) is 3. The SMILES string of the molecule is Cl.N[C@@H](Cc1ccccc1)C(=O)Nc1ccc(SCc2ccccc2)c(O)c1. The van der Waals surface area contributed by atoms with E-state index >= 15 is 0 Å². The van der Waals surface area contributed by atoms with Gasteiger partial charge >= 0.3 is 0 Å². The van der Waals surface area contributed by atoms with E-state index in [-0.39, 0.29) is 24.1 Å². The second-order valence-electron chi connectivity index (χ2n) is 6.24. The molecule has 3 rings (SSSR count). The summed E-state index contributed by atoms with van der Waals surface area (Å²) in [4.78, 5) is 13.1. The molecular formula is C22H23ClN2O2S. The zero-order valence-corrected chi connectivity index (χ0v) is 16.9. The molecule has 0 radical (unpaired) electrons. The highest BCUT2D eigenvalue weighted by Gasteiger charge is 2.15. The summed E-state index contributed by atoms with van der Waals surface area (Å²) in [5.74, 6) is 0.635. The minimum absolute atomic E-state index is 0. The average molecular weight is 415 g/mol. The molecule has 0 aliphatic heterocycles. The molecule has 0 bridgehead atoms. The van der Waals surface area contributed by atoms with Gasteiger partial charge in [-0.05, 0) is 29.7 Å². The molecule has 1 atom stereocenters. The van der Waals surface area contributed by atoms with Gasteiger partial charge in [0.2, 0.25) is 5.91 Å². The first-order valence-electron chi connectivity index (χ1n) is 8.72. The number of hydrogen-bond acceptors (Lipinski definition) is 4. The van der Waals surface area contributed by atoms with Crippen molar-refractivity contribution in [1.82, 2.24) is 0 Å². The first-order chi connectivity index (χ1) is 13.1. The molecule has 28 heavy (non-hydrogen) atoms. The lowest BCUT2D eigenvalue weighted by molar-refractivity contribution is -0.117. The van der Waals surface area contributed by atoms with Gasteiger partial charge in [-0.3, -0.25) is 4.79 Å². The van der Waals surface area contributed by atoms with E-state index in [1.807, 2.05) is 60.7 Å². The van der Waals surface area contributed by atoms with Crippen LogP contribution in [0.5, 0.6) is 5.75 Å². The lowest BCUT2D eigenvalue weighted by atomic mass is 10.1. The van der Waals surface area contributed by atoms with E-state index in [0.717, 1.165) is 16.2 Å². The molecule has 0 saturated heterocycles. The van der Waals surface area contributed by atoms with Crippen LogP contribution in [0.3, 0.4) is 0 Å². The smallest absolute Gasteiger partial charge is 0.241 e. The van der Waals surface area contributed by atoms with Crippen LogP contribution < -0.4 is 11.1 Å². The molecule has 1 amide bonds. The third-order valence-corrected chi connectivity index (χ3v) is 5.23. The Morgan fingerprint density at radius 2 is 1.57 bits per heavy atom. The summed E-state index contributed by atoms with van der Waals surface area (Å²) in [6.45, 7) is 0. The van der Waals surface area contributed by atoms with E-state index in [1.165, 1.54) is 5.56 Å². The van der Waals surface area contributed by atoms with E-state index in [2.05, 4.69) is 5.32 Å². The van der Waals surface area contributed by atoms with Crippen molar-refractivity contribution in [1.29, 1.82) is 0 Å². The molecule has 0 aliphatic rings. The molecule has 3 aromatic carbocycles. The summed E-state index contributed by atoms with van der Waals surface area (Å²) in [5.41, 5.74) is 8.73. The molecule has 6 heteroatoms. The maximum absolute atomic E-state index is 12.3. The number of nitrogens with two attached hydrogens (primary N) is 1. The van der Waals surface area contributed by atoms with Gasteiger partial charge in [0.25, 0.3) is 0 Å². The minimum Gasteiger partial charge on any atom is -0.507 e. The molecule has 0 aliphatic carbocycles. The highest BCUT2D eigenvalue weighted by atomic mass is 35.5. The van der Waals surface area contributed by atoms with Crippen LogP contribution >= 0.6 is 24.2 Å². The number of phenolic OH excluding ortho intramolecular Hbond substituents is 1. The van der Waals surface area contributed by atoms with Crippen molar-refractivity contribution in [3.05, 3.63) is 90.0 Å². The highest BCUT2D eigenvalue weighted by Crippen LogP contribution is 2.33. The molecule has 0 spiro atoms. The molecule has 0 fully saturated rings. The summed E-state index contributed by atoms with van der Waals surface area (Å²) in [6.07, 6.45) is 0.462. The van der Waals surface area contributed by atoms with Crippen LogP contribution in [0.2, 0.25) is 0 Å². The zero-order valence-electron chi connectivity index (χ0n) is 15.2. The first-order valence-corrected chi connectivity index (χ1v) is 9.70. The lowest BCUT2D eigenvalue weighted by Gasteiger charge is -2.13. The summed E-state index contributed by atoms with van der Waals surface area (Å²) in [7, 11) is 0. The van der Waals surface area contributed by atoms with Crippen molar-refractivity contribution < 1.29 is 9.90 Å². The summed E-state index contributed by atoms with van der Waals surface area (Å²) in [6, 6.07) is 24.2. The third-order valence-electron chi connectivity index (χ3n) is 4.10. The average Bonchev–Trinajstić information content (AvgIpc) is 2.69. The number of anilines is 1. The van der Waals surface area contributed by atoms with Crippen LogP contribution in [0.15, 0.2) is 83.8 Å². The fourth-order valence-corrected chi connectivity index (χ4v) is 3.53. The Hall–Kier alpha value is -2.47. The number of amides is 1. The monoisotopic (exact) mass is 414 g/mol. The number of aromatic hydroxyl groups is 1. The van der Waals surface area contributed by atoms with Crippen molar-refractivity contribution in [2.75, 3.05) is 5.32 Å². The van der Waals surface area contributed by atoms with Gasteiger partial charge in [0.1, 0.15) is 5.75 Å². The summed E-state index contributed by atoms with van der Waals surface area (Å²) >= 11 is 1.55. The van der Waals surface area contributed by atoms with Gasteiger partial charge in [0, 0.05) is 22.4 Å². The fraction of sp³-hybridized carbons (Fsp3) is 0.136. The number of nitrogens with one attached hydrogen (secondary N) is 1. The molecule has 3 aromatic rings. The number of phenols is 1. The predicted molar refractivity (Wildman–Crippen MR) is 118 cm³/mol. The molecule has 4 N–H and O–H groups in total. The van der Waals surface area contributed by atoms with Gasteiger partial charge < -0.3 is 16.2 Å². The summed E-state index contributed by atoms with van der Waals surface area (Å²) < 4.78 is 0. The van der Waals surface area contributed by atoms with Crippen molar-refractivity contribution >= 4 is 35.8 Å². The van der Waals surface area contributed by atoms with Crippen LogP contribution in [-0.4, -0.2) is 17.1 Å². The topological polar surface area (TPSA) is 75.4 Å². The maximum Gasteiger partial charge on any atom is 0.241 e. The first kappa shape index (κ1) is 21.8. The lowest BCUT2D eigenvalue weighted by Crippen LogP contribution is -2.37. The van der Waals surface area contributed by atoms with Gasteiger partial charge in [-0.2, -0.15) is 0 Å². The van der Waals surface area contributed by atoms with E-state index in [4.69, 9.17) is 5.73 Å². The number of rotatable bonds is 7. The van der Waals surface area contributed by atoms with E-state index in [1.54, 1.807) is 30.0 Å². The van der Waals surface area contributed by atoms with E-state index in [0.29, 0.717) is 12.1 Å². The number of thioether (sulfide) groups is 1. The number of carbonyl (C=O) groups excluding carboxylic acids is 1. The quantitative estimate of drug-likeness (QED) is 0.493. The third kappa shape index (κ3) is 6.30. The van der Waals surface area contributed by atoms with Gasteiger partial charge in [0.05, 0.1) is 6.04 Å². The number of carbonyl (C=O) groups is 1. The Morgan fingerprint density at radius 3 is 2.18 bits per heavy atom. The standard InChI is InChI=1S/C22H22N2O2S.ClH/c23-19(13-16-7-3-1-4-8-16)22(26)24-18-11-12-21(20(25)14-18)27-15-17-9-5-2-6-10-17;/h1-12,14,19,25H,13,15,23H2,(H,24,26);1H/t19-;/m0./s1. The van der Waals surface area contributed by atoms with Crippen LogP contribution in [0.25, 0.3) is 0 Å². The van der Waals surface area contributed by atoms with E-state index in [9.17, 15) is 9.90 Å². The maximum atomic E-state index is 12.3. The Labute approximate surface area is 175 Å². The largest absolute Gasteiger partial charge is 0.507 e. The van der Waals surface area contributed by atoms with Crippen molar-refractivity contribution in [2.45, 2.75) is 23.1 Å². The Kier molecular flexibility index (Phi) is 8.39. The van der Waals surface area contributed by atoms with Crippen molar-refractivity contribution in [3.8, 4) is 5.75 Å². The van der Waals surface area contributed by atoms with E-state index < -0.39 is 6.04 Å². The molecule has 4 nitrogen and oxygen atoms in total. The Bertz CT molecular complexity index is 892. The van der Waals surface area contributed by atoms with Crippen LogP contribution in [0, 0.1) is 0 Å². The van der Waals surface area contributed by atoms with Gasteiger partial charge in [0.15, 0.2) is 0 Å². The molecule has 146 valence electrons. The normalized spacial score (nSPS) is 11.3. The summed E-state index contributed by atoms with van der Waals surface area (Å²) in [5, 5.41) is 13.0. The minimum atomic E-state index is -0.651. The molecular weight excluding hydrogens is 392 g/mol. The Balaban J connectivity index is 0.00000280. The molecule has 0 unspecified atom stereocenters. The zero-order chi connectivity index (χ0) is 19.1. The molecule has 0 saturated carbocycles. The van der Waals surface area contributed by atoms with Crippen LogP contribution in [0.1, 0.15) is 11.1 Å². The second kappa shape index (κ2) is 10.8. The molecule has 0 heterocycles. The van der Waals surface area contributed by atoms with Crippen molar-refractivity contribution in [2.24, 2.45) is 5.73 Å². The number of halogens is 1. The predicted octanol–water partition coefficient (Wildman–Crippen LogP) is 4.61. The highest BCUT2D eigenvalue weighted by molar-refractivity contribution is 7.98. The second-order valence-corrected chi connectivity index (χ2v) is 7.26. The van der Waals surface area contributed by atoms with Crippen molar-refractivity contribution in [3.63, 3.8) is 0 Å². The Morgan fingerprint density at radius 1 is 0.964 bits per heavy atom. The van der Waals surface area contributed by atoms with Gasteiger partial charge in [-0.25, -0.2) is 0 Å². The fourth-order valence-electron chi connectivity index (χ4n) is 2.65. The van der Waals surface area contributed by atoms with Crippen LogP contribution in [0.4, 0.5) is 5.69 Å².